The van der Waals surface area contributed by atoms with Gasteiger partial charge in [0.15, 0.2) is 0 Å². The van der Waals surface area contributed by atoms with E-state index < -0.39 is 0 Å². The summed E-state index contributed by atoms with van der Waals surface area (Å²) >= 11 is 0. The second-order valence-electron chi connectivity index (χ2n) is 4.22. The maximum Gasteiger partial charge on any atom is 0.0283 e. The van der Waals surface area contributed by atoms with Crippen LogP contribution >= 0.6 is 0 Å². The van der Waals surface area contributed by atoms with Crippen LogP contribution in [0.5, 0.6) is 0 Å². The highest BCUT2D eigenvalue weighted by atomic mass is 15.2. The molecule has 0 spiro atoms. The minimum atomic E-state index is 0.311. The van der Waals surface area contributed by atoms with Crippen LogP contribution in [0.1, 0.15) is 33.6 Å². The first-order valence-corrected chi connectivity index (χ1v) is 5.49. The summed E-state index contributed by atoms with van der Waals surface area (Å²) in [6, 6.07) is 0. The van der Waals surface area contributed by atoms with Gasteiger partial charge in [0, 0.05) is 24.3 Å². The van der Waals surface area contributed by atoms with Crippen molar-refractivity contribution in [2.24, 2.45) is 5.73 Å². The zero-order chi connectivity index (χ0) is 10.6. The van der Waals surface area contributed by atoms with Crippen molar-refractivity contribution < 1.29 is 0 Å². The Bertz CT molecular complexity index is 237. The normalized spacial score (nSPS) is 19.2. The molecule has 0 unspecified atom stereocenters. The van der Waals surface area contributed by atoms with Crippen LogP contribution in [-0.4, -0.2) is 23.5 Å². The van der Waals surface area contributed by atoms with Gasteiger partial charge in [-0.1, -0.05) is 19.9 Å². The second-order valence-corrected chi connectivity index (χ2v) is 4.22. The van der Waals surface area contributed by atoms with E-state index in [4.69, 9.17) is 5.73 Å². The molecule has 1 aliphatic heterocycles. The van der Waals surface area contributed by atoms with Gasteiger partial charge in [0.2, 0.25) is 0 Å². The van der Waals surface area contributed by atoms with Crippen molar-refractivity contribution in [3.8, 4) is 0 Å². The molecule has 1 rings (SSSR count). The summed E-state index contributed by atoms with van der Waals surface area (Å²) in [5, 5.41) is 0. The first-order valence-electron chi connectivity index (χ1n) is 5.49. The Morgan fingerprint density at radius 3 is 2.57 bits per heavy atom. The fourth-order valence-electron chi connectivity index (χ4n) is 1.81. The molecule has 2 nitrogen and oxygen atoms in total. The molecule has 0 aromatic heterocycles. The molecule has 2 N–H and O–H groups in total. The number of hydrogen-bond acceptors (Lipinski definition) is 2. The van der Waals surface area contributed by atoms with Gasteiger partial charge in [-0.2, -0.15) is 0 Å². The van der Waals surface area contributed by atoms with Crippen LogP contribution < -0.4 is 5.73 Å². The van der Waals surface area contributed by atoms with E-state index in [2.05, 4.69) is 37.8 Å². The van der Waals surface area contributed by atoms with Crippen LogP contribution in [-0.2, 0) is 0 Å². The van der Waals surface area contributed by atoms with Crippen molar-refractivity contribution >= 4 is 0 Å². The van der Waals surface area contributed by atoms with Crippen LogP contribution in [0.15, 0.2) is 23.9 Å². The van der Waals surface area contributed by atoms with E-state index in [0.717, 1.165) is 18.8 Å². The Kier molecular flexibility index (Phi) is 3.76. The molecule has 0 saturated heterocycles. The van der Waals surface area contributed by atoms with Crippen LogP contribution in [0.25, 0.3) is 0 Å². The summed E-state index contributed by atoms with van der Waals surface area (Å²) in [5.74, 6) is 0. The molecule has 0 saturated carbocycles. The first kappa shape index (κ1) is 11.3. The number of nitrogens with two attached hydrogens (primary N) is 1. The summed E-state index contributed by atoms with van der Waals surface area (Å²) in [6.07, 6.45) is 8.64. The Balaban J connectivity index is 2.74. The summed E-state index contributed by atoms with van der Waals surface area (Å²) in [4.78, 5) is 2.49. The predicted octanol–water partition coefficient (Wildman–Crippen LogP) is 2.28. The summed E-state index contributed by atoms with van der Waals surface area (Å²) in [6.45, 7) is 8.82. The fourth-order valence-corrected chi connectivity index (χ4v) is 1.81. The predicted molar refractivity (Wildman–Crippen MR) is 62.0 cm³/mol. The molecule has 0 atom stereocenters. The smallest absolute Gasteiger partial charge is 0.0283 e. The summed E-state index contributed by atoms with van der Waals surface area (Å²) in [7, 11) is 0. The van der Waals surface area contributed by atoms with Gasteiger partial charge < -0.3 is 5.73 Å². The van der Waals surface area contributed by atoms with E-state index in [0.29, 0.717) is 5.54 Å². The minimum Gasteiger partial charge on any atom is -0.399 e. The lowest BCUT2D eigenvalue weighted by Crippen LogP contribution is -2.45. The SMILES string of the molecule is CCC(C)(CC)N1CC=CC(N)=CC1. The molecule has 0 aromatic rings. The minimum absolute atomic E-state index is 0.311. The lowest BCUT2D eigenvalue weighted by atomic mass is 9.93. The van der Waals surface area contributed by atoms with E-state index in [1.807, 2.05) is 6.08 Å². The van der Waals surface area contributed by atoms with Crippen molar-refractivity contribution in [1.29, 1.82) is 0 Å². The van der Waals surface area contributed by atoms with Gasteiger partial charge >= 0.3 is 0 Å². The van der Waals surface area contributed by atoms with Gasteiger partial charge in [0.05, 0.1) is 0 Å². The molecular weight excluding hydrogens is 172 g/mol. The molecule has 0 radical (unpaired) electrons. The molecule has 2 heteroatoms. The van der Waals surface area contributed by atoms with Crippen molar-refractivity contribution in [3.63, 3.8) is 0 Å². The van der Waals surface area contributed by atoms with Gasteiger partial charge in [-0.25, -0.2) is 0 Å². The van der Waals surface area contributed by atoms with E-state index in [-0.39, 0.29) is 0 Å². The lowest BCUT2D eigenvalue weighted by Gasteiger charge is -2.39. The molecule has 0 fully saturated rings. The Hall–Kier alpha value is -0.760. The zero-order valence-corrected chi connectivity index (χ0v) is 9.59. The zero-order valence-electron chi connectivity index (χ0n) is 9.59. The second kappa shape index (κ2) is 4.65. The highest BCUT2D eigenvalue weighted by molar-refractivity contribution is 5.18. The van der Waals surface area contributed by atoms with E-state index in [1.54, 1.807) is 0 Å². The topological polar surface area (TPSA) is 29.3 Å². The molecule has 0 bridgehead atoms. The average Bonchev–Trinajstić information content (AvgIpc) is 2.42. The summed E-state index contributed by atoms with van der Waals surface area (Å²) in [5.41, 5.74) is 6.97. The average molecular weight is 194 g/mol. The number of hydrogen-bond donors (Lipinski definition) is 1. The molecule has 80 valence electrons. The molecule has 1 heterocycles. The molecular formula is C12H22N2. The van der Waals surface area contributed by atoms with Crippen LogP contribution in [0.4, 0.5) is 0 Å². The van der Waals surface area contributed by atoms with Crippen molar-refractivity contribution in [3.05, 3.63) is 23.9 Å². The van der Waals surface area contributed by atoms with Crippen molar-refractivity contribution in [2.45, 2.75) is 39.2 Å². The van der Waals surface area contributed by atoms with Crippen molar-refractivity contribution in [2.75, 3.05) is 13.1 Å². The van der Waals surface area contributed by atoms with Gasteiger partial charge in [0.1, 0.15) is 0 Å². The molecule has 0 aliphatic carbocycles. The third-order valence-corrected chi connectivity index (χ3v) is 3.47. The van der Waals surface area contributed by atoms with Crippen LogP contribution in [0.3, 0.4) is 0 Å². The highest BCUT2D eigenvalue weighted by Gasteiger charge is 2.26. The molecule has 1 aliphatic rings. The third kappa shape index (κ3) is 2.38. The van der Waals surface area contributed by atoms with E-state index in [1.165, 1.54) is 12.8 Å². The maximum absolute atomic E-state index is 5.77. The Labute approximate surface area is 87.5 Å². The monoisotopic (exact) mass is 194 g/mol. The molecule has 0 amide bonds. The van der Waals surface area contributed by atoms with Crippen LogP contribution in [0, 0.1) is 0 Å². The summed E-state index contributed by atoms with van der Waals surface area (Å²) < 4.78 is 0. The fraction of sp³-hybridized carbons (Fsp3) is 0.667. The van der Waals surface area contributed by atoms with Gasteiger partial charge in [0.25, 0.3) is 0 Å². The van der Waals surface area contributed by atoms with Gasteiger partial charge in [-0.05, 0) is 31.9 Å². The van der Waals surface area contributed by atoms with E-state index in [9.17, 15) is 0 Å². The first-order chi connectivity index (χ1) is 6.62. The largest absolute Gasteiger partial charge is 0.399 e. The van der Waals surface area contributed by atoms with Crippen molar-refractivity contribution in [1.82, 2.24) is 4.90 Å². The number of allylic oxidation sites excluding steroid dienone is 1. The maximum atomic E-state index is 5.77. The van der Waals surface area contributed by atoms with E-state index >= 15 is 0 Å². The Morgan fingerprint density at radius 1 is 1.36 bits per heavy atom. The quantitative estimate of drug-likeness (QED) is 0.747. The van der Waals surface area contributed by atoms with Gasteiger partial charge in [-0.3, -0.25) is 4.90 Å². The molecule has 0 aromatic carbocycles. The number of nitrogens with zero attached hydrogens (tertiary/aromatic N) is 1. The van der Waals surface area contributed by atoms with Gasteiger partial charge in [-0.15, -0.1) is 0 Å². The lowest BCUT2D eigenvalue weighted by molar-refractivity contribution is 0.124. The highest BCUT2D eigenvalue weighted by Crippen LogP contribution is 2.23. The molecule has 14 heavy (non-hydrogen) atoms. The standard InChI is InChI=1S/C12H22N2/c1-4-12(3,5-2)14-9-6-7-11(13)8-10-14/h6-8H,4-5,9-10,13H2,1-3H3. The Morgan fingerprint density at radius 2 is 2.00 bits per heavy atom. The number of rotatable bonds is 3. The van der Waals surface area contributed by atoms with Crippen LogP contribution in [0.2, 0.25) is 0 Å². The third-order valence-electron chi connectivity index (χ3n) is 3.47.